The molecule has 3 aromatic rings. The number of rotatable bonds is 8. The summed E-state index contributed by atoms with van der Waals surface area (Å²) in [6.07, 6.45) is -1.46. The minimum atomic E-state index is -1.46. The highest BCUT2D eigenvalue weighted by Gasteiger charge is 2.24. The van der Waals surface area contributed by atoms with Gasteiger partial charge in [0.05, 0.1) is 7.11 Å². The molecule has 5 heteroatoms. The summed E-state index contributed by atoms with van der Waals surface area (Å²) >= 11 is 0. The molecular weight excluding hydrogens is 356 g/mol. The van der Waals surface area contributed by atoms with Crippen molar-refractivity contribution in [3.63, 3.8) is 0 Å². The van der Waals surface area contributed by atoms with E-state index in [0.717, 1.165) is 11.1 Å². The van der Waals surface area contributed by atoms with Crippen LogP contribution in [0.1, 0.15) is 22.8 Å². The van der Waals surface area contributed by atoms with Gasteiger partial charge >= 0.3 is 5.97 Å². The monoisotopic (exact) mass is 378 g/mol. The van der Waals surface area contributed by atoms with Crippen molar-refractivity contribution in [2.75, 3.05) is 7.11 Å². The summed E-state index contributed by atoms with van der Waals surface area (Å²) in [6.45, 7) is 0.605. The topological polar surface area (TPSA) is 65.0 Å². The van der Waals surface area contributed by atoms with Crippen LogP contribution >= 0.6 is 0 Å². The number of carbonyl (C=O) groups is 1. The molecule has 0 saturated carbocycles. The number of ether oxygens (including phenoxy) is 3. The predicted octanol–water partition coefficient (Wildman–Crippen LogP) is 4.05. The second-order valence-corrected chi connectivity index (χ2v) is 6.15. The molecule has 0 bridgehead atoms. The molecule has 1 unspecified atom stereocenters. The first-order valence-corrected chi connectivity index (χ1v) is 8.91. The summed E-state index contributed by atoms with van der Waals surface area (Å²) in [7, 11) is 1.23. The number of aliphatic hydroxyl groups is 1. The summed E-state index contributed by atoms with van der Waals surface area (Å²) in [4.78, 5) is 11.9. The van der Waals surface area contributed by atoms with Crippen LogP contribution in [0.2, 0.25) is 0 Å². The van der Waals surface area contributed by atoms with Crippen molar-refractivity contribution in [2.24, 2.45) is 0 Å². The lowest BCUT2D eigenvalue weighted by atomic mass is 10.1. The second kappa shape index (κ2) is 9.58. The van der Waals surface area contributed by atoms with Gasteiger partial charge in [-0.3, -0.25) is 0 Å². The van der Waals surface area contributed by atoms with E-state index in [1.807, 2.05) is 60.7 Å². The van der Waals surface area contributed by atoms with Gasteiger partial charge in [-0.2, -0.15) is 0 Å². The predicted molar refractivity (Wildman–Crippen MR) is 105 cm³/mol. The number of aliphatic hydroxyl groups excluding tert-OH is 1. The Hall–Kier alpha value is -3.31. The zero-order chi connectivity index (χ0) is 19.8. The van der Waals surface area contributed by atoms with E-state index in [0.29, 0.717) is 23.7 Å². The molecule has 0 heterocycles. The number of para-hydroxylation sites is 1. The van der Waals surface area contributed by atoms with Crippen LogP contribution < -0.4 is 9.47 Å². The highest BCUT2D eigenvalue weighted by atomic mass is 16.5. The number of benzene rings is 3. The van der Waals surface area contributed by atoms with E-state index < -0.39 is 12.1 Å². The molecule has 28 heavy (non-hydrogen) atoms. The highest BCUT2D eigenvalue weighted by molar-refractivity contribution is 5.77. The van der Waals surface area contributed by atoms with Crippen molar-refractivity contribution in [2.45, 2.75) is 19.3 Å². The van der Waals surface area contributed by atoms with Crippen LogP contribution in [-0.4, -0.2) is 18.2 Å². The van der Waals surface area contributed by atoms with E-state index in [1.165, 1.54) is 7.11 Å². The van der Waals surface area contributed by atoms with Gasteiger partial charge in [-0.1, -0.05) is 72.8 Å². The number of carbonyl (C=O) groups excluding carboxylic acids is 1. The third-order valence-electron chi connectivity index (χ3n) is 4.19. The van der Waals surface area contributed by atoms with E-state index in [4.69, 9.17) is 9.47 Å². The molecule has 0 aliphatic rings. The molecule has 0 aliphatic carbocycles. The molecule has 144 valence electrons. The van der Waals surface area contributed by atoms with Crippen molar-refractivity contribution in [1.29, 1.82) is 0 Å². The maximum Gasteiger partial charge on any atom is 0.339 e. The van der Waals surface area contributed by atoms with E-state index >= 15 is 0 Å². The maximum atomic E-state index is 11.9. The van der Waals surface area contributed by atoms with Gasteiger partial charge in [-0.05, 0) is 17.2 Å². The first kappa shape index (κ1) is 19.5. The minimum Gasteiger partial charge on any atom is -0.485 e. The molecule has 3 aromatic carbocycles. The van der Waals surface area contributed by atoms with Crippen molar-refractivity contribution < 1.29 is 24.1 Å². The van der Waals surface area contributed by atoms with E-state index in [2.05, 4.69) is 4.74 Å². The SMILES string of the molecule is COC(=O)C(O)c1cccc(OCc2ccccc2)c1OCc1ccccc1. The Morgan fingerprint density at radius 1 is 0.821 bits per heavy atom. The van der Waals surface area contributed by atoms with Crippen LogP contribution in [0.5, 0.6) is 11.5 Å². The van der Waals surface area contributed by atoms with Crippen LogP contribution in [0.3, 0.4) is 0 Å². The van der Waals surface area contributed by atoms with Crippen LogP contribution in [0, 0.1) is 0 Å². The summed E-state index contributed by atoms with van der Waals surface area (Å²) in [5, 5.41) is 10.4. The molecule has 0 fully saturated rings. The molecular formula is C23H22O5. The number of methoxy groups -OCH3 is 1. The van der Waals surface area contributed by atoms with Crippen LogP contribution in [0.4, 0.5) is 0 Å². The molecule has 0 amide bonds. The van der Waals surface area contributed by atoms with Crippen molar-refractivity contribution in [3.05, 3.63) is 95.6 Å². The molecule has 1 N–H and O–H groups in total. The van der Waals surface area contributed by atoms with Gasteiger partial charge in [0, 0.05) is 5.56 Å². The second-order valence-electron chi connectivity index (χ2n) is 6.15. The van der Waals surface area contributed by atoms with Gasteiger partial charge in [0.25, 0.3) is 0 Å². The molecule has 0 saturated heterocycles. The largest absolute Gasteiger partial charge is 0.485 e. The van der Waals surface area contributed by atoms with Gasteiger partial charge in [-0.25, -0.2) is 4.79 Å². The molecule has 0 aromatic heterocycles. The number of esters is 1. The molecule has 5 nitrogen and oxygen atoms in total. The van der Waals surface area contributed by atoms with Gasteiger partial charge < -0.3 is 19.3 Å². The van der Waals surface area contributed by atoms with Crippen molar-refractivity contribution in [1.82, 2.24) is 0 Å². The average molecular weight is 378 g/mol. The number of hydrogen-bond donors (Lipinski definition) is 1. The Kier molecular flexibility index (Phi) is 6.65. The fourth-order valence-corrected chi connectivity index (χ4v) is 2.72. The summed E-state index contributed by atoms with van der Waals surface area (Å²) < 4.78 is 16.6. The van der Waals surface area contributed by atoms with Crippen LogP contribution in [0.15, 0.2) is 78.9 Å². The third-order valence-corrected chi connectivity index (χ3v) is 4.19. The molecule has 0 aliphatic heterocycles. The Morgan fingerprint density at radius 2 is 1.39 bits per heavy atom. The quantitative estimate of drug-likeness (QED) is 0.599. The molecule has 0 spiro atoms. The summed E-state index contributed by atoms with van der Waals surface area (Å²) in [6, 6.07) is 24.4. The van der Waals surface area contributed by atoms with Crippen molar-refractivity contribution >= 4 is 5.97 Å². The summed E-state index contributed by atoms with van der Waals surface area (Å²) in [5.41, 5.74) is 2.25. The van der Waals surface area contributed by atoms with E-state index in [9.17, 15) is 9.90 Å². The normalized spacial score (nSPS) is 11.5. The van der Waals surface area contributed by atoms with Gasteiger partial charge in [0.1, 0.15) is 13.2 Å². The fourth-order valence-electron chi connectivity index (χ4n) is 2.72. The molecule has 0 radical (unpaired) electrons. The van der Waals surface area contributed by atoms with E-state index in [-0.39, 0.29) is 6.61 Å². The van der Waals surface area contributed by atoms with Crippen LogP contribution in [0.25, 0.3) is 0 Å². The fraction of sp³-hybridized carbons (Fsp3) is 0.174. The van der Waals surface area contributed by atoms with Crippen LogP contribution in [-0.2, 0) is 22.7 Å². The lowest BCUT2D eigenvalue weighted by Crippen LogP contribution is -2.15. The van der Waals surface area contributed by atoms with Gasteiger partial charge in [0.2, 0.25) is 0 Å². The number of hydrogen-bond acceptors (Lipinski definition) is 5. The molecule has 3 rings (SSSR count). The first-order valence-electron chi connectivity index (χ1n) is 8.91. The summed E-state index contributed by atoms with van der Waals surface area (Å²) in [5.74, 6) is 0.00481. The Bertz CT molecular complexity index is 893. The van der Waals surface area contributed by atoms with Crippen molar-refractivity contribution in [3.8, 4) is 11.5 Å². The zero-order valence-electron chi connectivity index (χ0n) is 15.6. The lowest BCUT2D eigenvalue weighted by molar-refractivity contribution is -0.150. The van der Waals surface area contributed by atoms with E-state index in [1.54, 1.807) is 18.2 Å². The first-order chi connectivity index (χ1) is 13.7. The zero-order valence-corrected chi connectivity index (χ0v) is 15.6. The lowest BCUT2D eigenvalue weighted by Gasteiger charge is -2.18. The Morgan fingerprint density at radius 3 is 1.96 bits per heavy atom. The van der Waals surface area contributed by atoms with Gasteiger partial charge in [0.15, 0.2) is 17.6 Å². The van der Waals surface area contributed by atoms with Gasteiger partial charge in [-0.15, -0.1) is 0 Å². The maximum absolute atomic E-state index is 11.9. The third kappa shape index (κ3) is 4.90. The standard InChI is InChI=1S/C23H22O5/c1-26-23(25)21(24)19-13-8-14-20(27-15-17-9-4-2-5-10-17)22(19)28-16-18-11-6-3-7-12-18/h2-14,21,24H,15-16H2,1H3. The minimum absolute atomic E-state index is 0.271. The highest BCUT2D eigenvalue weighted by Crippen LogP contribution is 2.36. The Labute approximate surface area is 164 Å². The average Bonchev–Trinajstić information content (AvgIpc) is 2.76. The molecule has 1 atom stereocenters. The Balaban J connectivity index is 1.87. The smallest absolute Gasteiger partial charge is 0.339 e.